The first kappa shape index (κ1) is 16.9. The summed E-state index contributed by atoms with van der Waals surface area (Å²) in [5.74, 6) is -0.777. The molecular formula is C16H21N3O4S. The summed E-state index contributed by atoms with van der Waals surface area (Å²) in [4.78, 5) is 27.2. The van der Waals surface area contributed by atoms with Crippen molar-refractivity contribution in [3.8, 4) is 0 Å². The van der Waals surface area contributed by atoms with Gasteiger partial charge >= 0.3 is 5.97 Å². The number of ether oxygens (including phenoxy) is 1. The van der Waals surface area contributed by atoms with Crippen molar-refractivity contribution in [3.63, 3.8) is 0 Å². The summed E-state index contributed by atoms with van der Waals surface area (Å²) in [6.45, 7) is 5.27. The topological polar surface area (TPSA) is 84.7 Å². The minimum absolute atomic E-state index is 0.102. The number of carbonyl (C=O) groups is 2. The fourth-order valence-electron chi connectivity index (χ4n) is 3.03. The number of morpholine rings is 1. The Morgan fingerprint density at radius 2 is 2.25 bits per heavy atom. The van der Waals surface area contributed by atoms with Gasteiger partial charge in [0.2, 0.25) is 0 Å². The van der Waals surface area contributed by atoms with Crippen molar-refractivity contribution >= 4 is 33.4 Å². The minimum Gasteiger partial charge on any atom is -0.481 e. The van der Waals surface area contributed by atoms with Gasteiger partial charge in [0.05, 0.1) is 36.2 Å². The number of hydrogen-bond donors (Lipinski definition) is 1. The third-order valence-electron chi connectivity index (χ3n) is 4.20. The van der Waals surface area contributed by atoms with Crippen LogP contribution in [-0.4, -0.2) is 57.5 Å². The predicted molar refractivity (Wildman–Crippen MR) is 90.6 cm³/mol. The molecule has 0 aliphatic carbocycles. The SMILES string of the molecule is CC(C)c1nn(C)c2sc(C(=O)N3CCOCC3CC(=O)O)cc12. The van der Waals surface area contributed by atoms with Crippen molar-refractivity contribution in [2.45, 2.75) is 32.2 Å². The molecule has 3 rings (SSSR count). The molecule has 3 heterocycles. The molecule has 1 fully saturated rings. The second-order valence-corrected chi connectivity index (χ2v) is 7.35. The molecule has 0 spiro atoms. The molecule has 2 aromatic rings. The van der Waals surface area contributed by atoms with E-state index in [1.54, 1.807) is 9.58 Å². The number of carbonyl (C=O) groups excluding carboxylic acids is 1. The van der Waals surface area contributed by atoms with Crippen LogP contribution in [0.1, 0.15) is 41.6 Å². The van der Waals surface area contributed by atoms with Gasteiger partial charge in [-0.3, -0.25) is 14.3 Å². The van der Waals surface area contributed by atoms with E-state index in [0.717, 1.165) is 15.9 Å². The van der Waals surface area contributed by atoms with Crippen molar-refractivity contribution in [1.29, 1.82) is 0 Å². The van der Waals surface area contributed by atoms with Crippen LogP contribution in [-0.2, 0) is 16.6 Å². The highest BCUT2D eigenvalue weighted by Gasteiger charge is 2.31. The van der Waals surface area contributed by atoms with Crippen LogP contribution in [0.25, 0.3) is 10.2 Å². The molecule has 1 unspecified atom stereocenters. The average molecular weight is 351 g/mol. The van der Waals surface area contributed by atoms with Crippen LogP contribution in [0.5, 0.6) is 0 Å². The maximum atomic E-state index is 12.9. The smallest absolute Gasteiger partial charge is 0.305 e. The third kappa shape index (κ3) is 3.03. The number of rotatable bonds is 4. The van der Waals surface area contributed by atoms with Crippen LogP contribution in [0.2, 0.25) is 0 Å². The molecule has 1 aliphatic heterocycles. The molecule has 24 heavy (non-hydrogen) atoms. The average Bonchev–Trinajstić information content (AvgIpc) is 3.07. The van der Waals surface area contributed by atoms with E-state index >= 15 is 0 Å². The quantitative estimate of drug-likeness (QED) is 0.911. The summed E-state index contributed by atoms with van der Waals surface area (Å²) >= 11 is 1.41. The largest absolute Gasteiger partial charge is 0.481 e. The second kappa shape index (κ2) is 6.52. The fraction of sp³-hybridized carbons (Fsp3) is 0.562. The monoisotopic (exact) mass is 351 g/mol. The van der Waals surface area contributed by atoms with E-state index in [2.05, 4.69) is 18.9 Å². The molecule has 0 radical (unpaired) electrons. The number of fused-ring (bicyclic) bond motifs is 1. The zero-order valence-corrected chi connectivity index (χ0v) is 14.8. The van der Waals surface area contributed by atoms with Crippen LogP contribution >= 0.6 is 11.3 Å². The minimum atomic E-state index is -0.925. The Kier molecular flexibility index (Phi) is 4.60. The number of carboxylic acid groups (broad SMARTS) is 1. The maximum Gasteiger partial charge on any atom is 0.305 e. The molecule has 0 bridgehead atoms. The lowest BCUT2D eigenvalue weighted by molar-refractivity contribution is -0.139. The Morgan fingerprint density at radius 3 is 2.92 bits per heavy atom. The molecule has 1 amide bonds. The molecule has 0 saturated carbocycles. The summed E-state index contributed by atoms with van der Waals surface area (Å²) in [5, 5.41) is 14.6. The Hall–Kier alpha value is -1.93. The molecule has 2 aromatic heterocycles. The number of thiophene rings is 1. The zero-order valence-electron chi connectivity index (χ0n) is 14.0. The van der Waals surface area contributed by atoms with E-state index in [1.165, 1.54) is 11.3 Å². The first-order chi connectivity index (χ1) is 11.4. The number of amides is 1. The molecule has 8 heteroatoms. The molecule has 7 nitrogen and oxygen atoms in total. The highest BCUT2D eigenvalue weighted by molar-refractivity contribution is 7.20. The highest BCUT2D eigenvalue weighted by Crippen LogP contribution is 2.32. The van der Waals surface area contributed by atoms with Gasteiger partial charge in [0.25, 0.3) is 5.91 Å². The third-order valence-corrected chi connectivity index (χ3v) is 5.39. The molecule has 0 aromatic carbocycles. The van der Waals surface area contributed by atoms with E-state index in [1.807, 2.05) is 13.1 Å². The van der Waals surface area contributed by atoms with E-state index in [-0.39, 0.29) is 24.9 Å². The number of aliphatic carboxylic acids is 1. The molecule has 130 valence electrons. The Bertz CT molecular complexity index is 780. The maximum absolute atomic E-state index is 12.9. The van der Waals surface area contributed by atoms with Gasteiger partial charge in [-0.05, 0) is 12.0 Å². The van der Waals surface area contributed by atoms with Gasteiger partial charge in [-0.1, -0.05) is 13.8 Å². The lowest BCUT2D eigenvalue weighted by atomic mass is 10.1. The molecule has 1 aliphatic rings. The molecule has 1 saturated heterocycles. The van der Waals surface area contributed by atoms with Crippen molar-refractivity contribution in [2.24, 2.45) is 7.05 Å². The van der Waals surface area contributed by atoms with Gasteiger partial charge < -0.3 is 14.7 Å². The second-order valence-electron chi connectivity index (χ2n) is 6.32. The summed E-state index contributed by atoms with van der Waals surface area (Å²) in [6, 6.07) is 1.47. The van der Waals surface area contributed by atoms with Gasteiger partial charge in [-0.2, -0.15) is 5.10 Å². The molecule has 1 N–H and O–H groups in total. The predicted octanol–water partition coefficient (Wildman–Crippen LogP) is 2.07. The standard InChI is InChI=1S/C16H21N3O4S/c1-9(2)14-11-7-12(24-16(11)18(3)17-14)15(22)19-4-5-23-8-10(19)6-13(20)21/h7,9-10H,4-6,8H2,1-3H3,(H,20,21). The van der Waals surface area contributed by atoms with Crippen LogP contribution in [0.4, 0.5) is 0 Å². The van der Waals surface area contributed by atoms with E-state index < -0.39 is 12.0 Å². The normalized spacial score (nSPS) is 18.5. The van der Waals surface area contributed by atoms with Crippen LogP contribution in [0, 0.1) is 0 Å². The van der Waals surface area contributed by atoms with Gasteiger partial charge in [0, 0.05) is 19.0 Å². The zero-order chi connectivity index (χ0) is 17.4. The fourth-order valence-corrected chi connectivity index (χ4v) is 4.07. The van der Waals surface area contributed by atoms with Gasteiger partial charge in [0.1, 0.15) is 4.83 Å². The van der Waals surface area contributed by atoms with E-state index in [9.17, 15) is 9.59 Å². The van der Waals surface area contributed by atoms with Crippen LogP contribution in [0.15, 0.2) is 6.07 Å². The number of aryl methyl sites for hydroxylation is 1. The Balaban J connectivity index is 1.92. The summed E-state index contributed by atoms with van der Waals surface area (Å²) in [7, 11) is 1.88. The number of aromatic nitrogens is 2. The van der Waals surface area contributed by atoms with Gasteiger partial charge in [-0.15, -0.1) is 11.3 Å². The van der Waals surface area contributed by atoms with E-state index in [0.29, 0.717) is 18.0 Å². The van der Waals surface area contributed by atoms with Crippen LogP contribution in [0.3, 0.4) is 0 Å². The number of nitrogens with zero attached hydrogens (tertiary/aromatic N) is 3. The first-order valence-electron chi connectivity index (χ1n) is 7.95. The first-order valence-corrected chi connectivity index (χ1v) is 8.77. The molecular weight excluding hydrogens is 330 g/mol. The van der Waals surface area contributed by atoms with Crippen molar-refractivity contribution in [3.05, 3.63) is 16.6 Å². The molecule has 1 atom stereocenters. The van der Waals surface area contributed by atoms with E-state index in [4.69, 9.17) is 9.84 Å². The summed E-state index contributed by atoms with van der Waals surface area (Å²) in [6.07, 6.45) is -0.102. The lowest BCUT2D eigenvalue weighted by Crippen LogP contribution is -2.49. The summed E-state index contributed by atoms with van der Waals surface area (Å²) in [5.41, 5.74) is 0.979. The van der Waals surface area contributed by atoms with Gasteiger partial charge in [0.15, 0.2) is 0 Å². The van der Waals surface area contributed by atoms with Crippen molar-refractivity contribution in [1.82, 2.24) is 14.7 Å². The summed E-state index contributed by atoms with van der Waals surface area (Å²) < 4.78 is 7.15. The van der Waals surface area contributed by atoms with Crippen molar-refractivity contribution < 1.29 is 19.4 Å². The van der Waals surface area contributed by atoms with Crippen molar-refractivity contribution in [2.75, 3.05) is 19.8 Å². The highest BCUT2D eigenvalue weighted by atomic mass is 32.1. The van der Waals surface area contributed by atoms with Crippen LogP contribution < -0.4 is 0 Å². The Labute approximate surface area is 143 Å². The number of hydrogen-bond acceptors (Lipinski definition) is 5. The Morgan fingerprint density at radius 1 is 1.50 bits per heavy atom. The lowest BCUT2D eigenvalue weighted by Gasteiger charge is -2.34. The number of carboxylic acids is 1. The van der Waals surface area contributed by atoms with Gasteiger partial charge in [-0.25, -0.2) is 0 Å².